The van der Waals surface area contributed by atoms with Crippen molar-refractivity contribution in [3.63, 3.8) is 0 Å². The Balaban J connectivity index is 2.19. The lowest BCUT2D eigenvalue weighted by Crippen LogP contribution is -2.46. The van der Waals surface area contributed by atoms with Gasteiger partial charge in [0.25, 0.3) is 0 Å². The number of carbonyl (C=O) groups excluding carboxylic acids is 1. The summed E-state index contributed by atoms with van der Waals surface area (Å²) in [5.41, 5.74) is 0. The lowest BCUT2D eigenvalue weighted by atomic mass is 10.1. The van der Waals surface area contributed by atoms with Crippen LogP contribution < -0.4 is 5.32 Å². The molecule has 0 aliphatic carbocycles. The highest BCUT2D eigenvalue weighted by Crippen LogP contribution is 2.08. The Labute approximate surface area is 112 Å². The molecule has 0 aromatic rings. The van der Waals surface area contributed by atoms with Gasteiger partial charge in [0, 0.05) is 25.7 Å². The molecule has 18 heavy (non-hydrogen) atoms. The van der Waals surface area contributed by atoms with Crippen molar-refractivity contribution in [3.8, 4) is 0 Å². The maximum Gasteiger partial charge on any atom is 0.236 e. The van der Waals surface area contributed by atoms with E-state index in [1.807, 2.05) is 20.9 Å². The molecule has 0 aromatic heterocycles. The average molecular weight is 255 g/mol. The molecule has 1 rings (SSSR count). The Hall–Kier alpha value is -0.610. The van der Waals surface area contributed by atoms with Crippen molar-refractivity contribution in [1.82, 2.24) is 15.1 Å². The summed E-state index contributed by atoms with van der Waals surface area (Å²) >= 11 is 0. The molecule has 0 saturated carbocycles. The summed E-state index contributed by atoms with van der Waals surface area (Å²) in [5.74, 6) is 0.176. The van der Waals surface area contributed by atoms with E-state index in [9.17, 15) is 4.79 Å². The summed E-state index contributed by atoms with van der Waals surface area (Å²) in [7, 11) is 1.87. The number of hydrogen-bond acceptors (Lipinski definition) is 3. The first-order chi connectivity index (χ1) is 8.50. The van der Waals surface area contributed by atoms with Crippen molar-refractivity contribution in [2.45, 2.75) is 52.1 Å². The zero-order chi connectivity index (χ0) is 13.5. The Morgan fingerprint density at radius 3 is 2.39 bits per heavy atom. The second-order valence-electron chi connectivity index (χ2n) is 5.74. The molecule has 0 radical (unpaired) electrons. The SMILES string of the molecule is CC(CN1CCCCC1)NCC(=O)N(C)C(C)C. The number of hydrogen-bond donors (Lipinski definition) is 1. The maximum absolute atomic E-state index is 11.8. The van der Waals surface area contributed by atoms with Gasteiger partial charge in [0.1, 0.15) is 0 Å². The molecule has 1 amide bonds. The van der Waals surface area contributed by atoms with Gasteiger partial charge in [0.15, 0.2) is 0 Å². The van der Waals surface area contributed by atoms with E-state index in [0.29, 0.717) is 12.6 Å². The maximum atomic E-state index is 11.8. The fourth-order valence-electron chi connectivity index (χ4n) is 2.27. The predicted molar refractivity (Wildman–Crippen MR) is 75.7 cm³/mol. The molecule has 1 N–H and O–H groups in total. The van der Waals surface area contributed by atoms with E-state index in [-0.39, 0.29) is 11.9 Å². The van der Waals surface area contributed by atoms with Gasteiger partial charge in [0.05, 0.1) is 6.54 Å². The molecule has 0 bridgehead atoms. The van der Waals surface area contributed by atoms with Crippen LogP contribution in [0.25, 0.3) is 0 Å². The third kappa shape index (κ3) is 5.36. The highest BCUT2D eigenvalue weighted by atomic mass is 16.2. The van der Waals surface area contributed by atoms with E-state index >= 15 is 0 Å². The molecule has 4 nitrogen and oxygen atoms in total. The van der Waals surface area contributed by atoms with Gasteiger partial charge in [-0.15, -0.1) is 0 Å². The van der Waals surface area contributed by atoms with Gasteiger partial charge < -0.3 is 15.1 Å². The topological polar surface area (TPSA) is 35.6 Å². The number of rotatable bonds is 6. The molecule has 1 atom stereocenters. The predicted octanol–water partition coefficient (Wildman–Crippen LogP) is 1.32. The first kappa shape index (κ1) is 15.4. The van der Waals surface area contributed by atoms with Crippen LogP contribution in [0.4, 0.5) is 0 Å². The molecule has 1 fully saturated rings. The number of piperidine rings is 1. The van der Waals surface area contributed by atoms with Crippen molar-refractivity contribution in [2.75, 3.05) is 33.2 Å². The van der Waals surface area contributed by atoms with Crippen LogP contribution in [0.5, 0.6) is 0 Å². The summed E-state index contributed by atoms with van der Waals surface area (Å²) < 4.78 is 0. The van der Waals surface area contributed by atoms with Crippen LogP contribution >= 0.6 is 0 Å². The molecule has 4 heteroatoms. The van der Waals surface area contributed by atoms with Gasteiger partial charge >= 0.3 is 0 Å². The van der Waals surface area contributed by atoms with Gasteiger partial charge in [-0.2, -0.15) is 0 Å². The van der Waals surface area contributed by atoms with Crippen molar-refractivity contribution in [2.24, 2.45) is 0 Å². The lowest BCUT2D eigenvalue weighted by Gasteiger charge is -2.30. The van der Waals surface area contributed by atoms with Crippen LogP contribution in [-0.4, -0.2) is 61.0 Å². The summed E-state index contributed by atoms with van der Waals surface area (Å²) in [5, 5.41) is 3.33. The van der Waals surface area contributed by atoms with Gasteiger partial charge in [0.2, 0.25) is 5.91 Å². The minimum atomic E-state index is 0.176. The van der Waals surface area contributed by atoms with Gasteiger partial charge in [-0.25, -0.2) is 0 Å². The van der Waals surface area contributed by atoms with Crippen molar-refractivity contribution in [1.29, 1.82) is 0 Å². The normalized spacial score (nSPS) is 18.9. The van der Waals surface area contributed by atoms with Crippen LogP contribution in [-0.2, 0) is 4.79 Å². The van der Waals surface area contributed by atoms with Crippen LogP contribution in [0.2, 0.25) is 0 Å². The molecule has 1 saturated heterocycles. The van der Waals surface area contributed by atoms with Crippen molar-refractivity contribution in [3.05, 3.63) is 0 Å². The number of likely N-dealkylation sites (tertiary alicyclic amines) is 1. The minimum Gasteiger partial charge on any atom is -0.342 e. The number of nitrogens with zero attached hydrogens (tertiary/aromatic N) is 2. The minimum absolute atomic E-state index is 0.176. The smallest absolute Gasteiger partial charge is 0.236 e. The summed E-state index contributed by atoms with van der Waals surface area (Å²) in [6.45, 7) is 10.2. The highest BCUT2D eigenvalue weighted by Gasteiger charge is 2.15. The van der Waals surface area contributed by atoms with Crippen LogP contribution in [0.15, 0.2) is 0 Å². The Kier molecular flexibility index (Phi) is 6.65. The first-order valence-corrected chi connectivity index (χ1v) is 7.22. The summed E-state index contributed by atoms with van der Waals surface area (Å²) in [6.07, 6.45) is 4.01. The quantitative estimate of drug-likeness (QED) is 0.777. The number of amides is 1. The third-order valence-electron chi connectivity index (χ3n) is 3.75. The van der Waals surface area contributed by atoms with Gasteiger partial charge in [-0.05, 0) is 46.7 Å². The number of nitrogens with one attached hydrogen (secondary N) is 1. The fraction of sp³-hybridized carbons (Fsp3) is 0.929. The number of carbonyl (C=O) groups is 1. The third-order valence-corrected chi connectivity index (χ3v) is 3.75. The largest absolute Gasteiger partial charge is 0.342 e. The molecule has 1 aliphatic heterocycles. The lowest BCUT2D eigenvalue weighted by molar-refractivity contribution is -0.130. The van der Waals surface area contributed by atoms with E-state index in [4.69, 9.17) is 0 Å². The van der Waals surface area contributed by atoms with Crippen molar-refractivity contribution >= 4 is 5.91 Å². The number of likely N-dealkylation sites (N-methyl/N-ethyl adjacent to an activating group) is 1. The van der Waals surface area contributed by atoms with Crippen molar-refractivity contribution < 1.29 is 4.79 Å². The molecule has 0 aromatic carbocycles. The first-order valence-electron chi connectivity index (χ1n) is 7.22. The molecule has 1 aliphatic rings. The van der Waals surface area contributed by atoms with E-state index in [2.05, 4.69) is 17.1 Å². The van der Waals surface area contributed by atoms with E-state index in [1.165, 1.54) is 32.4 Å². The van der Waals surface area contributed by atoms with Gasteiger partial charge in [-0.1, -0.05) is 6.42 Å². The average Bonchev–Trinajstić information content (AvgIpc) is 2.36. The fourth-order valence-corrected chi connectivity index (χ4v) is 2.27. The summed E-state index contributed by atoms with van der Waals surface area (Å²) in [6, 6.07) is 0.657. The zero-order valence-electron chi connectivity index (χ0n) is 12.4. The Morgan fingerprint density at radius 1 is 1.22 bits per heavy atom. The van der Waals surface area contributed by atoms with Gasteiger partial charge in [-0.3, -0.25) is 4.79 Å². The molecule has 106 valence electrons. The molecular formula is C14H29N3O. The Morgan fingerprint density at radius 2 is 1.83 bits per heavy atom. The Bertz CT molecular complexity index is 249. The standard InChI is InChI=1S/C14H29N3O/c1-12(2)16(4)14(18)10-15-13(3)11-17-8-6-5-7-9-17/h12-13,15H,5-11H2,1-4H3. The second-order valence-corrected chi connectivity index (χ2v) is 5.74. The highest BCUT2D eigenvalue weighted by molar-refractivity contribution is 5.78. The molecule has 0 spiro atoms. The van der Waals surface area contributed by atoms with Crippen LogP contribution in [0.3, 0.4) is 0 Å². The molecule has 1 heterocycles. The molecular weight excluding hydrogens is 226 g/mol. The van der Waals surface area contributed by atoms with E-state index in [1.54, 1.807) is 4.90 Å². The van der Waals surface area contributed by atoms with Crippen LogP contribution in [0, 0.1) is 0 Å². The molecule has 1 unspecified atom stereocenters. The monoisotopic (exact) mass is 255 g/mol. The summed E-state index contributed by atoms with van der Waals surface area (Å²) in [4.78, 5) is 16.1. The van der Waals surface area contributed by atoms with E-state index in [0.717, 1.165) is 6.54 Å². The van der Waals surface area contributed by atoms with Crippen LogP contribution in [0.1, 0.15) is 40.0 Å². The second kappa shape index (κ2) is 7.74. The zero-order valence-corrected chi connectivity index (χ0v) is 12.4. The van der Waals surface area contributed by atoms with E-state index < -0.39 is 0 Å².